The first-order valence-electron chi connectivity index (χ1n) is 20.6. The summed E-state index contributed by atoms with van der Waals surface area (Å²) in [5.74, 6) is 0. The van der Waals surface area contributed by atoms with Gasteiger partial charge in [-0.15, -0.1) is 11.3 Å². The Labute approximate surface area is 353 Å². The van der Waals surface area contributed by atoms with Crippen LogP contribution in [0.15, 0.2) is 231 Å². The molecule has 0 saturated heterocycles. The van der Waals surface area contributed by atoms with Gasteiger partial charge in [-0.1, -0.05) is 158 Å². The van der Waals surface area contributed by atoms with E-state index in [1.165, 1.54) is 81.4 Å². The molecule has 0 amide bonds. The number of nitrogens with zero attached hydrogens (tertiary/aromatic N) is 2. The summed E-state index contributed by atoms with van der Waals surface area (Å²) in [6.45, 7) is 0. The molecular formula is C57H38N2S. The zero-order valence-electron chi connectivity index (χ0n) is 32.7. The monoisotopic (exact) mass is 782 g/mol. The standard InChI is InChI=1S/C57H38N2S/c1-5-17-41(18-6-1)57(42-19-7-2-8-20-42)51-38-46(34-35-48(51)55-49-26-14-16-28-54(49)60-56(55)57)58(43-21-9-3-10-22-43)45-32-29-39(30-33-45)40-31-36-53-50(37-40)47-25-13-15-27-52(47)59(53)44-23-11-4-12-24-44/h1-38H. The number of aromatic nitrogens is 1. The Balaban J connectivity index is 1.02. The highest BCUT2D eigenvalue weighted by atomic mass is 32.1. The molecule has 0 bridgehead atoms. The molecule has 0 spiro atoms. The Morgan fingerprint density at radius 3 is 1.67 bits per heavy atom. The number of benzene rings is 9. The third-order valence-corrected chi connectivity index (χ3v) is 13.7. The molecule has 0 N–H and O–H groups in total. The highest BCUT2D eigenvalue weighted by Crippen LogP contribution is 2.61. The number of rotatable bonds is 7. The molecule has 12 rings (SSSR count). The van der Waals surface area contributed by atoms with Crippen molar-refractivity contribution in [1.29, 1.82) is 0 Å². The molecule has 1 aliphatic carbocycles. The van der Waals surface area contributed by atoms with Gasteiger partial charge in [-0.3, -0.25) is 0 Å². The van der Waals surface area contributed by atoms with Crippen molar-refractivity contribution in [2.24, 2.45) is 0 Å². The number of para-hydroxylation sites is 3. The molecule has 0 fully saturated rings. The highest BCUT2D eigenvalue weighted by molar-refractivity contribution is 7.20. The maximum absolute atomic E-state index is 2.47. The van der Waals surface area contributed by atoms with Crippen LogP contribution in [0.5, 0.6) is 0 Å². The number of hydrogen-bond donors (Lipinski definition) is 0. The Morgan fingerprint density at radius 2 is 0.950 bits per heavy atom. The highest BCUT2D eigenvalue weighted by Gasteiger charge is 2.48. The molecule has 0 saturated carbocycles. The fraction of sp³-hybridized carbons (Fsp3) is 0.0175. The fourth-order valence-electron chi connectivity index (χ4n) is 9.85. The van der Waals surface area contributed by atoms with E-state index in [0.29, 0.717) is 0 Å². The van der Waals surface area contributed by atoms with E-state index in [9.17, 15) is 0 Å². The van der Waals surface area contributed by atoms with Crippen LogP contribution in [0.2, 0.25) is 0 Å². The van der Waals surface area contributed by atoms with E-state index in [2.05, 4.69) is 240 Å². The smallest absolute Gasteiger partial charge is 0.0808 e. The van der Waals surface area contributed by atoms with Gasteiger partial charge in [0.1, 0.15) is 0 Å². The molecule has 11 aromatic rings. The van der Waals surface area contributed by atoms with Crippen molar-refractivity contribution < 1.29 is 0 Å². The molecule has 60 heavy (non-hydrogen) atoms. The number of hydrogen-bond acceptors (Lipinski definition) is 2. The molecule has 2 heterocycles. The molecule has 2 aromatic heterocycles. The summed E-state index contributed by atoms with van der Waals surface area (Å²) in [4.78, 5) is 3.79. The lowest BCUT2D eigenvalue weighted by Gasteiger charge is -2.34. The van der Waals surface area contributed by atoms with Crippen molar-refractivity contribution in [2.75, 3.05) is 4.90 Å². The minimum Gasteiger partial charge on any atom is -0.310 e. The summed E-state index contributed by atoms with van der Waals surface area (Å²) in [7, 11) is 0. The average Bonchev–Trinajstić information content (AvgIpc) is 3.96. The zero-order valence-corrected chi connectivity index (χ0v) is 33.6. The fourth-order valence-corrected chi connectivity index (χ4v) is 11.3. The van der Waals surface area contributed by atoms with Gasteiger partial charge >= 0.3 is 0 Å². The molecule has 0 radical (unpaired) electrons. The Kier molecular flexibility index (Phi) is 7.97. The van der Waals surface area contributed by atoms with Crippen molar-refractivity contribution >= 4 is 60.3 Å². The van der Waals surface area contributed by atoms with E-state index in [1.807, 2.05) is 11.3 Å². The average molecular weight is 783 g/mol. The lowest BCUT2D eigenvalue weighted by Crippen LogP contribution is -2.28. The third kappa shape index (κ3) is 5.19. The van der Waals surface area contributed by atoms with Gasteiger partial charge < -0.3 is 9.47 Å². The van der Waals surface area contributed by atoms with Gasteiger partial charge in [0.15, 0.2) is 0 Å². The van der Waals surface area contributed by atoms with E-state index >= 15 is 0 Å². The Bertz CT molecular complexity index is 3310. The van der Waals surface area contributed by atoms with Crippen molar-refractivity contribution in [1.82, 2.24) is 4.57 Å². The summed E-state index contributed by atoms with van der Waals surface area (Å²) >= 11 is 1.93. The summed E-state index contributed by atoms with van der Waals surface area (Å²) < 4.78 is 3.69. The van der Waals surface area contributed by atoms with Crippen molar-refractivity contribution in [3.05, 3.63) is 252 Å². The molecule has 2 nitrogen and oxygen atoms in total. The minimum atomic E-state index is -0.485. The maximum Gasteiger partial charge on any atom is 0.0808 e. The van der Waals surface area contributed by atoms with Crippen LogP contribution in [-0.2, 0) is 5.41 Å². The first kappa shape index (κ1) is 34.6. The SMILES string of the molecule is c1ccc(N(c2ccc(-c3ccc4c(c3)c3ccccc3n4-c3ccccc3)cc2)c2ccc3c(c2)C(c2ccccc2)(c2ccccc2)c2sc4ccccc4c2-3)cc1. The van der Waals surface area contributed by atoms with Crippen LogP contribution in [0.4, 0.5) is 17.1 Å². The van der Waals surface area contributed by atoms with Crippen molar-refractivity contribution in [3.63, 3.8) is 0 Å². The van der Waals surface area contributed by atoms with Gasteiger partial charge in [-0.2, -0.15) is 0 Å². The van der Waals surface area contributed by atoms with Gasteiger partial charge in [0.05, 0.1) is 16.4 Å². The predicted octanol–water partition coefficient (Wildman–Crippen LogP) is 15.5. The van der Waals surface area contributed by atoms with Crippen LogP contribution < -0.4 is 4.90 Å². The topological polar surface area (TPSA) is 8.17 Å². The molecule has 0 unspecified atom stereocenters. The van der Waals surface area contributed by atoms with E-state index in [4.69, 9.17) is 0 Å². The van der Waals surface area contributed by atoms with Crippen LogP contribution in [0, 0.1) is 0 Å². The van der Waals surface area contributed by atoms with Crippen LogP contribution in [0.3, 0.4) is 0 Å². The Morgan fingerprint density at radius 1 is 0.400 bits per heavy atom. The van der Waals surface area contributed by atoms with Crippen LogP contribution in [0.1, 0.15) is 21.6 Å². The van der Waals surface area contributed by atoms with Crippen molar-refractivity contribution in [2.45, 2.75) is 5.41 Å². The van der Waals surface area contributed by atoms with Crippen LogP contribution in [0.25, 0.3) is 59.8 Å². The minimum absolute atomic E-state index is 0.485. The zero-order chi connectivity index (χ0) is 39.6. The molecule has 1 aliphatic rings. The van der Waals surface area contributed by atoms with Gasteiger partial charge in [0.25, 0.3) is 0 Å². The lowest BCUT2D eigenvalue weighted by molar-refractivity contribution is 0.785. The summed E-state index contributed by atoms with van der Waals surface area (Å²) in [5, 5.41) is 3.83. The first-order chi connectivity index (χ1) is 29.8. The first-order valence-corrected chi connectivity index (χ1v) is 21.4. The van der Waals surface area contributed by atoms with Gasteiger partial charge in [-0.05, 0) is 106 Å². The quantitative estimate of drug-likeness (QED) is 0.156. The second kappa shape index (κ2) is 13.8. The second-order valence-electron chi connectivity index (χ2n) is 15.7. The molecule has 9 aromatic carbocycles. The third-order valence-electron chi connectivity index (χ3n) is 12.4. The molecular weight excluding hydrogens is 745 g/mol. The lowest BCUT2D eigenvalue weighted by atomic mass is 9.70. The number of fused-ring (bicyclic) bond motifs is 8. The van der Waals surface area contributed by atoms with Gasteiger partial charge in [0.2, 0.25) is 0 Å². The van der Waals surface area contributed by atoms with Gasteiger partial charge in [-0.25, -0.2) is 0 Å². The normalized spacial score (nSPS) is 12.8. The molecule has 0 atom stereocenters. The molecule has 282 valence electrons. The summed E-state index contributed by atoms with van der Waals surface area (Å²) in [6, 6.07) is 84.5. The number of thiophene rings is 1. The Hall–Kier alpha value is -7.46. The number of anilines is 3. The maximum atomic E-state index is 2.47. The van der Waals surface area contributed by atoms with E-state index < -0.39 is 5.41 Å². The summed E-state index contributed by atoms with van der Waals surface area (Å²) in [6.07, 6.45) is 0. The van der Waals surface area contributed by atoms with E-state index in [1.54, 1.807) is 0 Å². The van der Waals surface area contributed by atoms with Crippen LogP contribution in [-0.4, -0.2) is 4.57 Å². The van der Waals surface area contributed by atoms with Crippen LogP contribution >= 0.6 is 11.3 Å². The van der Waals surface area contributed by atoms with Gasteiger partial charge in [0, 0.05) is 54.0 Å². The van der Waals surface area contributed by atoms with E-state index in [-0.39, 0.29) is 0 Å². The van der Waals surface area contributed by atoms with Crippen molar-refractivity contribution in [3.8, 4) is 27.9 Å². The summed E-state index contributed by atoms with van der Waals surface area (Å²) in [5.41, 5.74) is 15.3. The molecule has 0 aliphatic heterocycles. The molecule has 3 heteroatoms. The second-order valence-corrected chi connectivity index (χ2v) is 16.7. The largest absolute Gasteiger partial charge is 0.310 e. The predicted molar refractivity (Wildman–Crippen MR) is 254 cm³/mol. The van der Waals surface area contributed by atoms with E-state index in [0.717, 1.165) is 17.1 Å².